The number of rotatable bonds is 5. The number of ether oxygens (including phenoxy) is 1. The molecule has 0 atom stereocenters. The highest BCUT2D eigenvalue weighted by atomic mass is 16.6. The average Bonchev–Trinajstić information content (AvgIpc) is 2.55. The lowest BCUT2D eigenvalue weighted by Crippen LogP contribution is -2.15. The molecule has 0 radical (unpaired) electrons. The van der Waals surface area contributed by atoms with E-state index in [0.29, 0.717) is 0 Å². The molecule has 0 unspecified atom stereocenters. The van der Waals surface area contributed by atoms with Gasteiger partial charge in [-0.2, -0.15) is 0 Å². The second-order valence-electron chi connectivity index (χ2n) is 4.41. The molecule has 0 saturated heterocycles. The van der Waals surface area contributed by atoms with Gasteiger partial charge in [-0.1, -0.05) is 0 Å². The van der Waals surface area contributed by atoms with Crippen LogP contribution in [0.25, 0.3) is 0 Å². The number of amides is 1. The molecule has 2 N–H and O–H groups in total. The Morgan fingerprint density at radius 3 is 2.50 bits per heavy atom. The first-order chi connectivity index (χ1) is 11.3. The number of aromatic nitrogens is 1. The fraction of sp³-hybridized carbons (Fsp3) is 0.0769. The number of anilines is 1. The zero-order valence-electron chi connectivity index (χ0n) is 12.1. The van der Waals surface area contributed by atoms with Crippen molar-refractivity contribution in [1.29, 1.82) is 0 Å². The van der Waals surface area contributed by atoms with Crippen molar-refractivity contribution in [3.63, 3.8) is 0 Å². The molecule has 11 heteroatoms. The van der Waals surface area contributed by atoms with Crippen LogP contribution >= 0.6 is 0 Å². The van der Waals surface area contributed by atoms with E-state index in [9.17, 15) is 30.1 Å². The van der Waals surface area contributed by atoms with E-state index >= 15 is 0 Å². The van der Waals surface area contributed by atoms with Crippen molar-refractivity contribution in [2.24, 2.45) is 0 Å². The molecule has 0 aliphatic heterocycles. The number of pyridine rings is 1. The van der Waals surface area contributed by atoms with Gasteiger partial charge in [0.25, 0.3) is 17.3 Å². The molecule has 0 spiro atoms. The van der Waals surface area contributed by atoms with Crippen LogP contribution in [0.1, 0.15) is 10.4 Å². The number of nitro benzene ring substituents is 1. The first-order valence-corrected chi connectivity index (χ1v) is 6.30. The Kier molecular flexibility index (Phi) is 4.54. The lowest BCUT2D eigenvalue weighted by molar-refractivity contribution is -0.385. The quantitative estimate of drug-likeness (QED) is 0.619. The lowest BCUT2D eigenvalue weighted by atomic mass is 10.1. The summed E-state index contributed by atoms with van der Waals surface area (Å²) in [7, 11) is 1.33. The van der Waals surface area contributed by atoms with Gasteiger partial charge in [0.05, 0.1) is 23.0 Å². The van der Waals surface area contributed by atoms with Crippen LogP contribution in [-0.2, 0) is 0 Å². The number of carbonyl (C=O) groups is 1. The van der Waals surface area contributed by atoms with Gasteiger partial charge in [-0.15, -0.1) is 0 Å². The van der Waals surface area contributed by atoms with Gasteiger partial charge in [0.2, 0.25) is 0 Å². The molecule has 11 nitrogen and oxygen atoms in total. The highest BCUT2D eigenvalue weighted by Gasteiger charge is 2.23. The molecular formula is C13H10N4O7. The van der Waals surface area contributed by atoms with Gasteiger partial charge in [-0.3, -0.25) is 25.0 Å². The van der Waals surface area contributed by atoms with E-state index in [1.165, 1.54) is 13.2 Å². The fourth-order valence-corrected chi connectivity index (χ4v) is 1.80. The van der Waals surface area contributed by atoms with Gasteiger partial charge in [-0.25, -0.2) is 4.98 Å². The number of nitrogens with zero attached hydrogens (tertiary/aromatic N) is 3. The van der Waals surface area contributed by atoms with E-state index < -0.39 is 32.9 Å². The molecule has 0 aliphatic rings. The third kappa shape index (κ3) is 3.35. The first kappa shape index (κ1) is 16.6. The number of benzene rings is 1. The summed E-state index contributed by atoms with van der Waals surface area (Å²) in [6.07, 6.45) is 0.829. The summed E-state index contributed by atoms with van der Waals surface area (Å²) in [4.78, 5) is 35.8. The van der Waals surface area contributed by atoms with Crippen molar-refractivity contribution in [3.05, 3.63) is 56.3 Å². The van der Waals surface area contributed by atoms with Gasteiger partial charge < -0.3 is 15.2 Å². The number of nitrogens with one attached hydrogen (secondary N) is 1. The van der Waals surface area contributed by atoms with E-state index in [0.717, 1.165) is 24.4 Å². The Morgan fingerprint density at radius 1 is 1.25 bits per heavy atom. The van der Waals surface area contributed by atoms with Gasteiger partial charge in [0, 0.05) is 6.07 Å². The monoisotopic (exact) mass is 334 g/mol. The molecule has 2 aromatic rings. The number of carbonyl (C=O) groups excluding carboxylic acids is 1. The van der Waals surface area contributed by atoms with Crippen molar-refractivity contribution >= 4 is 23.1 Å². The van der Waals surface area contributed by atoms with Crippen molar-refractivity contribution in [2.75, 3.05) is 12.4 Å². The van der Waals surface area contributed by atoms with Crippen molar-refractivity contribution in [3.8, 4) is 11.5 Å². The van der Waals surface area contributed by atoms with Crippen LogP contribution in [0.5, 0.6) is 11.5 Å². The van der Waals surface area contributed by atoms with E-state index in [1.807, 2.05) is 0 Å². The SMILES string of the molecule is COc1ccc([N+](=O)[O-])c(C(=O)Nc2ncc([N+](=O)[O-])cc2O)c1. The van der Waals surface area contributed by atoms with Gasteiger partial charge in [0.15, 0.2) is 11.6 Å². The van der Waals surface area contributed by atoms with Gasteiger partial charge in [-0.05, 0) is 12.1 Å². The minimum Gasteiger partial charge on any atom is -0.504 e. The van der Waals surface area contributed by atoms with Crippen LogP contribution in [0.15, 0.2) is 30.5 Å². The molecule has 24 heavy (non-hydrogen) atoms. The highest BCUT2D eigenvalue weighted by molar-refractivity contribution is 6.07. The molecule has 1 aromatic carbocycles. The first-order valence-electron chi connectivity index (χ1n) is 6.30. The number of methoxy groups -OCH3 is 1. The molecule has 2 rings (SSSR count). The molecular weight excluding hydrogens is 324 g/mol. The summed E-state index contributed by atoms with van der Waals surface area (Å²) in [5.41, 5.74) is -1.27. The van der Waals surface area contributed by atoms with Crippen LogP contribution in [0, 0.1) is 20.2 Å². The molecule has 0 fully saturated rings. The second-order valence-corrected chi connectivity index (χ2v) is 4.41. The molecule has 1 aromatic heterocycles. The van der Waals surface area contributed by atoms with Crippen LogP contribution in [0.3, 0.4) is 0 Å². The van der Waals surface area contributed by atoms with E-state index in [1.54, 1.807) is 0 Å². The van der Waals surface area contributed by atoms with Gasteiger partial charge in [0.1, 0.15) is 17.5 Å². The predicted octanol–water partition coefficient (Wildman–Crippen LogP) is 1.86. The van der Waals surface area contributed by atoms with Crippen LogP contribution < -0.4 is 10.1 Å². The Hall–Kier alpha value is -3.76. The average molecular weight is 334 g/mol. The summed E-state index contributed by atoms with van der Waals surface area (Å²) in [6.45, 7) is 0. The third-order valence-corrected chi connectivity index (χ3v) is 2.94. The molecule has 0 bridgehead atoms. The van der Waals surface area contributed by atoms with Crippen LogP contribution in [0.2, 0.25) is 0 Å². The Morgan fingerprint density at radius 2 is 1.96 bits per heavy atom. The zero-order chi connectivity index (χ0) is 17.9. The summed E-state index contributed by atoms with van der Waals surface area (Å²) in [5, 5.41) is 33.4. The normalized spacial score (nSPS) is 10.0. The minimum absolute atomic E-state index is 0.214. The van der Waals surface area contributed by atoms with Crippen molar-refractivity contribution in [2.45, 2.75) is 0 Å². The molecule has 0 saturated carbocycles. The minimum atomic E-state index is -0.933. The molecule has 124 valence electrons. The highest BCUT2D eigenvalue weighted by Crippen LogP contribution is 2.28. The van der Waals surface area contributed by atoms with Crippen molar-refractivity contribution < 1.29 is 24.5 Å². The van der Waals surface area contributed by atoms with E-state index in [2.05, 4.69) is 10.3 Å². The number of hydrogen-bond donors (Lipinski definition) is 2. The Labute approximate surface area is 133 Å². The fourth-order valence-electron chi connectivity index (χ4n) is 1.80. The predicted molar refractivity (Wildman–Crippen MR) is 80.2 cm³/mol. The number of hydrogen-bond acceptors (Lipinski definition) is 8. The standard InChI is InChI=1S/C13H10N4O7/c1-24-8-2-3-10(17(22)23)9(5-8)13(19)15-12-11(18)4-7(6-14-12)16(20)21/h2-6,18H,1H3,(H,14,15,19). The third-order valence-electron chi connectivity index (χ3n) is 2.94. The smallest absolute Gasteiger partial charge is 0.291 e. The maximum Gasteiger partial charge on any atom is 0.291 e. The lowest BCUT2D eigenvalue weighted by Gasteiger charge is -2.08. The second kappa shape index (κ2) is 6.56. The molecule has 1 heterocycles. The maximum absolute atomic E-state index is 12.2. The number of nitro groups is 2. The Balaban J connectivity index is 2.36. The topological polar surface area (TPSA) is 158 Å². The number of aromatic hydroxyl groups is 1. The Bertz CT molecular complexity index is 837. The zero-order valence-corrected chi connectivity index (χ0v) is 12.1. The summed E-state index contributed by atoms with van der Waals surface area (Å²) in [5.74, 6) is -1.74. The van der Waals surface area contributed by atoms with Crippen molar-refractivity contribution in [1.82, 2.24) is 4.98 Å². The maximum atomic E-state index is 12.2. The van der Waals surface area contributed by atoms with Crippen LogP contribution in [-0.4, -0.2) is 33.0 Å². The molecule has 1 amide bonds. The summed E-state index contributed by atoms with van der Waals surface area (Å²) < 4.78 is 4.91. The van der Waals surface area contributed by atoms with Gasteiger partial charge >= 0.3 is 0 Å². The summed E-state index contributed by atoms with van der Waals surface area (Å²) in [6, 6.07) is 4.35. The summed E-state index contributed by atoms with van der Waals surface area (Å²) >= 11 is 0. The van der Waals surface area contributed by atoms with E-state index in [-0.39, 0.29) is 17.1 Å². The van der Waals surface area contributed by atoms with Crippen LogP contribution in [0.4, 0.5) is 17.2 Å². The largest absolute Gasteiger partial charge is 0.504 e. The molecule has 0 aliphatic carbocycles. The van der Waals surface area contributed by atoms with E-state index in [4.69, 9.17) is 4.74 Å².